The molecule has 0 aromatic carbocycles. The number of pyridine rings is 1. The van der Waals surface area contributed by atoms with Gasteiger partial charge >= 0.3 is 0 Å². The molecule has 2 fully saturated rings. The van der Waals surface area contributed by atoms with Crippen molar-refractivity contribution in [3.63, 3.8) is 0 Å². The molecule has 1 spiro atoms. The van der Waals surface area contributed by atoms with E-state index in [-0.39, 0.29) is 23.1 Å². The van der Waals surface area contributed by atoms with Gasteiger partial charge in [-0.1, -0.05) is 5.16 Å². The molecule has 144 valence electrons. The van der Waals surface area contributed by atoms with E-state index in [0.29, 0.717) is 31.3 Å². The summed E-state index contributed by atoms with van der Waals surface area (Å²) in [6.45, 7) is 4.44. The van der Waals surface area contributed by atoms with Gasteiger partial charge in [-0.2, -0.15) is 0 Å². The zero-order valence-electron chi connectivity index (χ0n) is 15.5. The molecule has 0 radical (unpaired) electrons. The number of carbonyl (C=O) groups excluding carboxylic acids is 1. The fourth-order valence-electron chi connectivity index (χ4n) is 4.02. The summed E-state index contributed by atoms with van der Waals surface area (Å²) in [7, 11) is 2.09. The molecule has 2 aliphatic rings. The number of likely N-dealkylation sites (N-methyl/N-ethyl adjacent to an activating group) is 1. The minimum absolute atomic E-state index is 0.0524. The summed E-state index contributed by atoms with van der Waals surface area (Å²) in [6, 6.07) is 4.55. The number of piperidine rings is 1. The molecular weight excluding hydrogens is 351 g/mol. The minimum atomic E-state index is -0.442. The van der Waals surface area contributed by atoms with Crippen LogP contribution in [0.15, 0.2) is 28.9 Å². The number of carbonyl (C=O) groups is 1. The van der Waals surface area contributed by atoms with Crippen LogP contribution in [-0.2, 0) is 0 Å². The Balaban J connectivity index is 1.36. The zero-order valence-corrected chi connectivity index (χ0v) is 15.5. The predicted molar refractivity (Wildman–Crippen MR) is 94.9 cm³/mol. The Morgan fingerprint density at radius 3 is 3.00 bits per heavy atom. The Hall–Kier alpha value is -2.48. The van der Waals surface area contributed by atoms with Crippen LogP contribution in [-0.4, -0.2) is 64.7 Å². The number of ether oxygens (including phenoxy) is 1. The topological polar surface area (TPSA) is 71.7 Å². The summed E-state index contributed by atoms with van der Waals surface area (Å²) in [4.78, 5) is 20.6. The first-order valence-electron chi connectivity index (χ1n) is 9.14. The van der Waals surface area contributed by atoms with E-state index in [1.165, 1.54) is 12.3 Å². The molecule has 4 rings (SSSR count). The largest absolute Gasteiger partial charge is 0.475 e. The van der Waals surface area contributed by atoms with Crippen LogP contribution in [0.1, 0.15) is 29.1 Å². The van der Waals surface area contributed by atoms with Crippen molar-refractivity contribution in [2.75, 3.05) is 33.3 Å². The van der Waals surface area contributed by atoms with Crippen molar-refractivity contribution < 1.29 is 18.4 Å². The van der Waals surface area contributed by atoms with E-state index in [4.69, 9.17) is 9.26 Å². The first-order chi connectivity index (χ1) is 13.0. The number of nitrogens with zero attached hydrogens (tertiary/aromatic N) is 4. The van der Waals surface area contributed by atoms with Crippen LogP contribution in [0, 0.1) is 18.7 Å². The number of rotatable bonds is 4. The molecule has 7 nitrogen and oxygen atoms in total. The van der Waals surface area contributed by atoms with Gasteiger partial charge in [-0.05, 0) is 51.4 Å². The molecule has 2 saturated heterocycles. The summed E-state index contributed by atoms with van der Waals surface area (Å²) < 4.78 is 24.4. The number of likely N-dealkylation sites (tertiary alicyclic amines) is 2. The SMILES string of the molecule is Cc1cc(C(=O)N2CC3(C[C@H](COc4ncccc4F)CCN3C)C2)on1. The van der Waals surface area contributed by atoms with Gasteiger partial charge in [0.05, 0.1) is 17.8 Å². The quantitative estimate of drug-likeness (QED) is 0.817. The van der Waals surface area contributed by atoms with Gasteiger partial charge in [0.1, 0.15) is 0 Å². The first kappa shape index (κ1) is 17.9. The zero-order chi connectivity index (χ0) is 19.0. The summed E-state index contributed by atoms with van der Waals surface area (Å²) in [5.41, 5.74) is 0.641. The number of hydrogen-bond acceptors (Lipinski definition) is 6. The molecule has 0 bridgehead atoms. The Kier molecular flexibility index (Phi) is 4.59. The Morgan fingerprint density at radius 2 is 2.30 bits per heavy atom. The average Bonchev–Trinajstić information content (AvgIpc) is 3.06. The van der Waals surface area contributed by atoms with E-state index in [2.05, 4.69) is 22.1 Å². The maximum Gasteiger partial charge on any atom is 0.292 e. The molecular formula is C19H23FN4O3. The van der Waals surface area contributed by atoms with Crippen LogP contribution in [0.25, 0.3) is 0 Å². The summed E-state index contributed by atoms with van der Waals surface area (Å²) in [6.07, 6.45) is 3.40. The average molecular weight is 374 g/mol. The molecule has 2 aromatic rings. The molecule has 1 amide bonds. The summed E-state index contributed by atoms with van der Waals surface area (Å²) in [5.74, 6) is 0.0711. The fourth-order valence-corrected chi connectivity index (χ4v) is 4.02. The second kappa shape index (κ2) is 6.92. The monoisotopic (exact) mass is 374 g/mol. The first-order valence-corrected chi connectivity index (χ1v) is 9.14. The van der Waals surface area contributed by atoms with Crippen LogP contribution >= 0.6 is 0 Å². The van der Waals surface area contributed by atoms with E-state index < -0.39 is 5.82 Å². The van der Waals surface area contributed by atoms with Crippen molar-refractivity contribution in [1.82, 2.24) is 19.9 Å². The molecule has 1 atom stereocenters. The lowest BCUT2D eigenvalue weighted by atomic mass is 9.75. The van der Waals surface area contributed by atoms with Crippen LogP contribution in [0.2, 0.25) is 0 Å². The van der Waals surface area contributed by atoms with Gasteiger partial charge in [0.2, 0.25) is 11.6 Å². The van der Waals surface area contributed by atoms with Crippen LogP contribution in [0.4, 0.5) is 4.39 Å². The minimum Gasteiger partial charge on any atom is -0.475 e. The fraction of sp³-hybridized carbons (Fsp3) is 0.526. The van der Waals surface area contributed by atoms with Gasteiger partial charge in [0, 0.05) is 25.4 Å². The van der Waals surface area contributed by atoms with Crippen molar-refractivity contribution >= 4 is 5.91 Å². The van der Waals surface area contributed by atoms with Crippen LogP contribution in [0.3, 0.4) is 0 Å². The van der Waals surface area contributed by atoms with Crippen LogP contribution in [0.5, 0.6) is 5.88 Å². The molecule has 4 heterocycles. The maximum absolute atomic E-state index is 13.7. The maximum atomic E-state index is 13.7. The highest BCUT2D eigenvalue weighted by Crippen LogP contribution is 2.39. The van der Waals surface area contributed by atoms with Crippen molar-refractivity contribution in [1.29, 1.82) is 0 Å². The van der Waals surface area contributed by atoms with Crippen molar-refractivity contribution in [3.05, 3.63) is 41.7 Å². The number of halogens is 1. The Morgan fingerprint density at radius 1 is 1.48 bits per heavy atom. The van der Waals surface area contributed by atoms with Crippen molar-refractivity contribution in [3.8, 4) is 5.88 Å². The van der Waals surface area contributed by atoms with E-state index in [1.54, 1.807) is 24.0 Å². The van der Waals surface area contributed by atoms with Gasteiger partial charge in [-0.3, -0.25) is 9.69 Å². The Bertz CT molecular complexity index is 834. The molecule has 27 heavy (non-hydrogen) atoms. The summed E-state index contributed by atoms with van der Waals surface area (Å²) >= 11 is 0. The lowest BCUT2D eigenvalue weighted by Gasteiger charge is -2.58. The number of amides is 1. The highest BCUT2D eigenvalue weighted by atomic mass is 19.1. The van der Waals surface area contributed by atoms with Crippen LogP contribution < -0.4 is 4.74 Å². The third-order valence-electron chi connectivity index (χ3n) is 5.63. The van der Waals surface area contributed by atoms with E-state index in [9.17, 15) is 9.18 Å². The second-order valence-electron chi connectivity index (χ2n) is 7.60. The molecule has 0 aliphatic carbocycles. The molecule has 0 N–H and O–H groups in total. The molecule has 2 aliphatic heterocycles. The van der Waals surface area contributed by atoms with Crippen molar-refractivity contribution in [2.45, 2.75) is 25.3 Å². The number of aromatic nitrogens is 2. The number of aryl methyl sites for hydroxylation is 1. The van der Waals surface area contributed by atoms with E-state index in [0.717, 1.165) is 19.4 Å². The molecule has 2 aromatic heterocycles. The predicted octanol–water partition coefficient (Wildman–Crippen LogP) is 2.13. The standard InChI is InChI=1S/C19H23FN4O3/c1-13-8-16(27-22-13)18(25)24-11-19(12-24)9-14(5-7-23(19)2)10-26-17-15(20)4-3-6-21-17/h3-4,6,8,14H,5,7,9-12H2,1-2H3/t14-/m1/s1. The second-order valence-corrected chi connectivity index (χ2v) is 7.60. The van der Waals surface area contributed by atoms with E-state index in [1.807, 2.05) is 0 Å². The molecule has 0 unspecified atom stereocenters. The lowest BCUT2D eigenvalue weighted by molar-refractivity contribution is -0.0706. The smallest absolute Gasteiger partial charge is 0.292 e. The third-order valence-corrected chi connectivity index (χ3v) is 5.63. The summed E-state index contributed by atoms with van der Waals surface area (Å²) in [5, 5.41) is 3.78. The van der Waals surface area contributed by atoms with Gasteiger partial charge in [-0.25, -0.2) is 9.37 Å². The molecule has 0 saturated carbocycles. The van der Waals surface area contributed by atoms with E-state index >= 15 is 0 Å². The lowest BCUT2D eigenvalue weighted by Crippen LogP contribution is -2.72. The molecule has 8 heteroatoms. The number of hydrogen-bond donors (Lipinski definition) is 0. The Labute approximate surface area is 157 Å². The van der Waals surface area contributed by atoms with Gasteiger partial charge in [0.15, 0.2) is 5.82 Å². The van der Waals surface area contributed by atoms with Gasteiger partial charge < -0.3 is 14.2 Å². The van der Waals surface area contributed by atoms with Crippen molar-refractivity contribution in [2.24, 2.45) is 5.92 Å². The highest BCUT2D eigenvalue weighted by molar-refractivity contribution is 5.92. The van der Waals surface area contributed by atoms with Gasteiger partial charge in [-0.15, -0.1) is 0 Å². The highest BCUT2D eigenvalue weighted by Gasteiger charge is 2.51. The normalized spacial score (nSPS) is 21.9. The van der Waals surface area contributed by atoms with Gasteiger partial charge in [0.25, 0.3) is 5.91 Å². The third kappa shape index (κ3) is 3.41.